The summed E-state index contributed by atoms with van der Waals surface area (Å²) in [6, 6.07) is 5.10. The van der Waals surface area contributed by atoms with Crippen LogP contribution < -0.4 is 20.7 Å². The summed E-state index contributed by atoms with van der Waals surface area (Å²) in [6.45, 7) is 3.87. The molecule has 1 aliphatic heterocycles. The Hall–Kier alpha value is -2.44. The highest BCUT2D eigenvalue weighted by Crippen LogP contribution is 2.39. The number of benzene rings is 1. The van der Waals surface area contributed by atoms with Crippen molar-refractivity contribution >= 4 is 35.2 Å². The number of pyridine rings is 1. The maximum Gasteiger partial charge on any atom is 0.251 e. The first kappa shape index (κ1) is 17.4. The van der Waals surface area contributed by atoms with Gasteiger partial charge < -0.3 is 9.72 Å². The van der Waals surface area contributed by atoms with Gasteiger partial charge in [-0.2, -0.15) is 0 Å². The van der Waals surface area contributed by atoms with Gasteiger partial charge in [-0.1, -0.05) is 37.0 Å². The Labute approximate surface area is 154 Å². The second kappa shape index (κ2) is 7.21. The van der Waals surface area contributed by atoms with E-state index in [2.05, 4.69) is 15.4 Å². The van der Waals surface area contributed by atoms with Gasteiger partial charge in [0.25, 0.3) is 5.56 Å². The Kier molecular flexibility index (Phi) is 5.01. The number of hydrazine groups is 1. The number of aliphatic imine (C=N–C) groups is 1. The fraction of sp³-hybridized carbons (Fsp3) is 0.176. The van der Waals surface area contributed by atoms with Crippen molar-refractivity contribution < 1.29 is 4.74 Å². The molecule has 2 heterocycles. The van der Waals surface area contributed by atoms with Crippen molar-refractivity contribution in [3.05, 3.63) is 62.8 Å². The van der Waals surface area contributed by atoms with Crippen LogP contribution in [0.3, 0.4) is 0 Å². The van der Waals surface area contributed by atoms with E-state index in [4.69, 9.17) is 27.9 Å². The molecular weight excluding hydrogens is 363 g/mol. The van der Waals surface area contributed by atoms with Crippen molar-refractivity contribution in [3.8, 4) is 11.5 Å². The highest BCUT2D eigenvalue weighted by Gasteiger charge is 2.15. The van der Waals surface area contributed by atoms with Crippen LogP contribution in [0.15, 0.2) is 46.6 Å². The Morgan fingerprint density at radius 3 is 2.52 bits per heavy atom. The molecule has 130 valence electrons. The van der Waals surface area contributed by atoms with Crippen molar-refractivity contribution in [2.24, 2.45) is 4.99 Å². The van der Waals surface area contributed by atoms with E-state index in [0.29, 0.717) is 32.8 Å². The highest BCUT2D eigenvalue weighted by atomic mass is 35.5. The van der Waals surface area contributed by atoms with E-state index < -0.39 is 0 Å². The number of ether oxygens (including phenoxy) is 1. The number of rotatable bonds is 4. The second-order valence-electron chi connectivity index (χ2n) is 5.69. The average molecular weight is 379 g/mol. The molecule has 8 heteroatoms. The Morgan fingerprint density at radius 2 is 1.92 bits per heavy atom. The number of aromatic amines is 1. The first-order valence-electron chi connectivity index (χ1n) is 7.59. The van der Waals surface area contributed by atoms with Gasteiger partial charge in [0.1, 0.15) is 12.1 Å². The summed E-state index contributed by atoms with van der Waals surface area (Å²) in [7, 11) is 0. The molecule has 0 unspecified atom stereocenters. The average Bonchev–Trinajstić information content (AvgIpc) is 2.60. The van der Waals surface area contributed by atoms with Gasteiger partial charge in [0, 0.05) is 24.2 Å². The topological polar surface area (TPSA) is 69.7 Å². The normalized spacial score (nSPS) is 13.2. The van der Waals surface area contributed by atoms with Gasteiger partial charge in [-0.15, -0.1) is 0 Å². The summed E-state index contributed by atoms with van der Waals surface area (Å²) in [6.07, 6.45) is 6.39. The van der Waals surface area contributed by atoms with E-state index in [1.54, 1.807) is 41.9 Å². The lowest BCUT2D eigenvalue weighted by Crippen LogP contribution is -2.34. The van der Waals surface area contributed by atoms with Crippen LogP contribution in [0.2, 0.25) is 10.0 Å². The number of aromatic nitrogens is 1. The van der Waals surface area contributed by atoms with Crippen molar-refractivity contribution in [2.45, 2.75) is 19.8 Å². The maximum absolute atomic E-state index is 11.8. The van der Waals surface area contributed by atoms with Crippen LogP contribution in [-0.2, 0) is 0 Å². The zero-order chi connectivity index (χ0) is 18.0. The first-order valence-corrected chi connectivity index (χ1v) is 8.34. The first-order chi connectivity index (χ1) is 12.0. The van der Waals surface area contributed by atoms with Crippen LogP contribution in [0, 0.1) is 0 Å². The molecule has 0 spiro atoms. The Balaban J connectivity index is 1.91. The molecule has 0 saturated carbocycles. The summed E-state index contributed by atoms with van der Waals surface area (Å²) >= 11 is 12.7. The molecule has 0 saturated heterocycles. The molecule has 1 aromatic carbocycles. The number of halogens is 2. The number of nitrogens with one attached hydrogen (secondary N) is 2. The van der Waals surface area contributed by atoms with E-state index in [9.17, 15) is 4.79 Å². The van der Waals surface area contributed by atoms with Gasteiger partial charge in [0.2, 0.25) is 0 Å². The van der Waals surface area contributed by atoms with E-state index in [-0.39, 0.29) is 11.5 Å². The summed E-state index contributed by atoms with van der Waals surface area (Å²) in [5.74, 6) is 0.844. The fourth-order valence-corrected chi connectivity index (χ4v) is 2.86. The molecule has 6 nitrogen and oxygen atoms in total. The lowest BCUT2D eigenvalue weighted by Gasteiger charge is -2.22. The molecular formula is C17H16Cl2N4O2. The maximum atomic E-state index is 11.8. The second-order valence-corrected chi connectivity index (χ2v) is 6.51. The van der Waals surface area contributed by atoms with Gasteiger partial charge in [-0.25, -0.2) is 10.0 Å². The molecule has 0 fully saturated rings. The molecule has 1 aliphatic rings. The third kappa shape index (κ3) is 3.81. The third-order valence-electron chi connectivity index (χ3n) is 3.56. The molecule has 0 aliphatic carbocycles. The van der Waals surface area contributed by atoms with Crippen molar-refractivity contribution in [1.82, 2.24) is 10.4 Å². The third-order valence-corrected chi connectivity index (χ3v) is 4.13. The summed E-state index contributed by atoms with van der Waals surface area (Å²) < 4.78 is 5.81. The molecule has 0 atom stereocenters. The van der Waals surface area contributed by atoms with Crippen LogP contribution in [0.4, 0.5) is 5.69 Å². The smallest absolute Gasteiger partial charge is 0.251 e. The largest absolute Gasteiger partial charge is 0.453 e. The monoisotopic (exact) mass is 378 g/mol. The molecule has 2 aromatic rings. The number of nitrogens with zero attached hydrogens (tertiary/aromatic N) is 2. The number of hydrogen-bond donors (Lipinski definition) is 2. The predicted molar refractivity (Wildman–Crippen MR) is 101 cm³/mol. The van der Waals surface area contributed by atoms with Crippen LogP contribution in [-0.4, -0.2) is 11.3 Å². The van der Waals surface area contributed by atoms with Gasteiger partial charge in [0.15, 0.2) is 5.75 Å². The zero-order valence-electron chi connectivity index (χ0n) is 13.6. The van der Waals surface area contributed by atoms with E-state index >= 15 is 0 Å². The number of anilines is 1. The zero-order valence-corrected chi connectivity index (χ0v) is 15.1. The molecule has 0 radical (unpaired) electrons. The predicted octanol–water partition coefficient (Wildman–Crippen LogP) is 4.42. The van der Waals surface area contributed by atoms with Gasteiger partial charge in [-0.05, 0) is 24.1 Å². The van der Waals surface area contributed by atoms with Crippen LogP contribution >= 0.6 is 23.2 Å². The molecule has 0 bridgehead atoms. The quantitative estimate of drug-likeness (QED) is 0.825. The standard InChI is InChI=1S/C17H16Cl2N4O2/c1-10(2)13-7-12(8-21-17(13)24)25-16-14(18)5-11(6-15(16)19)23-9-20-3-4-22-23/h3-10,22H,1-2H3,(H,21,24). The minimum atomic E-state index is -0.140. The molecule has 25 heavy (non-hydrogen) atoms. The van der Waals surface area contributed by atoms with E-state index in [0.717, 1.165) is 0 Å². The lowest BCUT2D eigenvalue weighted by molar-refractivity contribution is 0.479. The van der Waals surface area contributed by atoms with Crippen molar-refractivity contribution in [2.75, 3.05) is 5.01 Å². The van der Waals surface area contributed by atoms with Crippen LogP contribution in [0.25, 0.3) is 0 Å². The summed E-state index contributed by atoms with van der Waals surface area (Å²) in [5.41, 5.74) is 4.19. The molecule has 0 amide bonds. The van der Waals surface area contributed by atoms with E-state index in [1.165, 1.54) is 6.20 Å². The van der Waals surface area contributed by atoms with Gasteiger partial charge >= 0.3 is 0 Å². The molecule has 2 N–H and O–H groups in total. The Bertz CT molecular complexity index is 883. The lowest BCUT2D eigenvalue weighted by atomic mass is 10.1. The van der Waals surface area contributed by atoms with Gasteiger partial charge in [0.05, 0.1) is 15.7 Å². The molecule has 3 rings (SSSR count). The van der Waals surface area contributed by atoms with Gasteiger partial charge in [-0.3, -0.25) is 10.2 Å². The minimum Gasteiger partial charge on any atom is -0.453 e. The SMILES string of the molecule is CC(C)c1cc(Oc2c(Cl)cc(N3C=NC=CN3)cc2Cl)c[nH]c1=O. The fourth-order valence-electron chi connectivity index (χ4n) is 2.31. The summed E-state index contributed by atoms with van der Waals surface area (Å²) in [5, 5.41) is 2.34. The summed E-state index contributed by atoms with van der Waals surface area (Å²) in [4.78, 5) is 18.5. The van der Waals surface area contributed by atoms with Crippen LogP contribution in [0.5, 0.6) is 11.5 Å². The highest BCUT2D eigenvalue weighted by molar-refractivity contribution is 6.37. The minimum absolute atomic E-state index is 0.0677. The number of hydrogen-bond acceptors (Lipinski definition) is 5. The number of H-pyrrole nitrogens is 1. The molecule has 1 aromatic heterocycles. The Morgan fingerprint density at radius 1 is 1.20 bits per heavy atom. The van der Waals surface area contributed by atoms with E-state index in [1.807, 2.05) is 13.8 Å². The van der Waals surface area contributed by atoms with Crippen molar-refractivity contribution in [3.63, 3.8) is 0 Å². The van der Waals surface area contributed by atoms with Crippen molar-refractivity contribution in [1.29, 1.82) is 0 Å². The van der Waals surface area contributed by atoms with Crippen LogP contribution in [0.1, 0.15) is 25.3 Å².